The van der Waals surface area contributed by atoms with Gasteiger partial charge in [0.25, 0.3) is 0 Å². The first kappa shape index (κ1) is 26.0. The van der Waals surface area contributed by atoms with E-state index in [9.17, 15) is 0 Å². The maximum atomic E-state index is 6.23. The van der Waals surface area contributed by atoms with Crippen LogP contribution in [0.3, 0.4) is 0 Å². The van der Waals surface area contributed by atoms with E-state index >= 15 is 0 Å². The van der Waals surface area contributed by atoms with Crippen molar-refractivity contribution in [3.8, 4) is 11.5 Å². The molecule has 198 valence electrons. The first-order valence-corrected chi connectivity index (χ1v) is 13.6. The number of fused-ring (bicyclic) bond motifs is 1. The molecule has 1 aliphatic rings. The Morgan fingerprint density at radius 1 is 0.921 bits per heavy atom. The summed E-state index contributed by atoms with van der Waals surface area (Å²) in [4.78, 5) is 9.68. The summed E-state index contributed by atoms with van der Waals surface area (Å²) in [5.74, 6) is 1.82. The third kappa shape index (κ3) is 6.26. The van der Waals surface area contributed by atoms with Crippen LogP contribution in [0.5, 0.6) is 11.5 Å². The Kier molecular flexibility index (Phi) is 8.74. The molecule has 1 N–H and O–H groups in total. The maximum Gasteiger partial charge on any atom is 0.150 e. The fourth-order valence-corrected chi connectivity index (χ4v) is 5.29. The van der Waals surface area contributed by atoms with Crippen LogP contribution in [-0.4, -0.2) is 56.4 Å². The van der Waals surface area contributed by atoms with E-state index in [4.69, 9.17) is 14.5 Å². The molecule has 0 spiro atoms. The number of anilines is 1. The topological polar surface area (TPSA) is 49.9 Å². The average Bonchev–Trinajstić information content (AvgIpc) is 2.97. The fraction of sp³-hybridized carbons (Fsp3) is 0.344. The summed E-state index contributed by atoms with van der Waals surface area (Å²) in [6, 6.07) is 25.4. The number of nitrogens with zero attached hydrogens (tertiary/aromatic N) is 3. The summed E-state index contributed by atoms with van der Waals surface area (Å²) >= 11 is 0. The van der Waals surface area contributed by atoms with Crippen molar-refractivity contribution >= 4 is 16.6 Å². The number of benzene rings is 3. The number of aryl methyl sites for hydroxylation is 2. The molecule has 0 bridgehead atoms. The van der Waals surface area contributed by atoms with Gasteiger partial charge in [-0.1, -0.05) is 54.6 Å². The molecular formula is C32H38N4O2. The van der Waals surface area contributed by atoms with Crippen LogP contribution in [0.1, 0.15) is 23.1 Å². The average molecular weight is 511 g/mol. The zero-order chi connectivity index (χ0) is 26.2. The smallest absolute Gasteiger partial charge is 0.150 e. The SMILES string of the molecule is COc1ccccc1N1CCN(Cc2cc(C)c(OCNCCCc3ccccc3)c3ncccc23)CC1. The van der Waals surface area contributed by atoms with Gasteiger partial charge in [0.15, 0.2) is 0 Å². The Morgan fingerprint density at radius 3 is 2.53 bits per heavy atom. The number of methoxy groups -OCH3 is 1. The number of ether oxygens (including phenoxy) is 2. The van der Waals surface area contributed by atoms with Crippen molar-refractivity contribution in [3.63, 3.8) is 0 Å². The van der Waals surface area contributed by atoms with Crippen LogP contribution in [-0.2, 0) is 13.0 Å². The van der Waals surface area contributed by atoms with Crippen molar-refractivity contribution in [1.82, 2.24) is 15.2 Å². The number of para-hydroxylation sites is 2. The molecule has 38 heavy (non-hydrogen) atoms. The Bertz CT molecular complexity index is 1320. The van der Waals surface area contributed by atoms with Gasteiger partial charge in [-0.15, -0.1) is 0 Å². The van der Waals surface area contributed by atoms with Crippen LogP contribution in [0, 0.1) is 6.92 Å². The molecule has 0 radical (unpaired) electrons. The van der Waals surface area contributed by atoms with Crippen molar-refractivity contribution in [2.45, 2.75) is 26.3 Å². The summed E-state index contributed by atoms with van der Waals surface area (Å²) in [6.45, 7) is 8.39. The molecule has 1 aliphatic heterocycles. The summed E-state index contributed by atoms with van der Waals surface area (Å²) in [6.07, 6.45) is 4.01. The predicted molar refractivity (Wildman–Crippen MR) is 155 cm³/mol. The second-order valence-corrected chi connectivity index (χ2v) is 9.89. The van der Waals surface area contributed by atoms with Crippen LogP contribution in [0.2, 0.25) is 0 Å². The highest BCUT2D eigenvalue weighted by Crippen LogP contribution is 2.32. The second-order valence-electron chi connectivity index (χ2n) is 9.89. The van der Waals surface area contributed by atoms with Crippen LogP contribution in [0.15, 0.2) is 79.0 Å². The molecule has 4 aromatic rings. The number of pyridine rings is 1. The first-order valence-electron chi connectivity index (χ1n) is 13.6. The lowest BCUT2D eigenvalue weighted by Crippen LogP contribution is -2.46. The standard InChI is InChI=1S/C32H38N4O2/c1-25-22-27(23-35-18-20-36(21-19-35)29-14-6-7-15-30(29)37-2)28-13-9-17-34-31(28)32(25)38-24-33-16-8-12-26-10-4-3-5-11-26/h3-7,9-11,13-15,17,22,33H,8,12,16,18-21,23-24H2,1-2H3. The lowest BCUT2D eigenvalue weighted by Gasteiger charge is -2.36. The summed E-state index contributed by atoms with van der Waals surface area (Å²) < 4.78 is 11.8. The van der Waals surface area contributed by atoms with E-state index in [0.717, 1.165) is 74.7 Å². The summed E-state index contributed by atoms with van der Waals surface area (Å²) in [5.41, 5.74) is 5.93. The van der Waals surface area contributed by atoms with Gasteiger partial charge in [0, 0.05) is 44.3 Å². The third-order valence-corrected chi connectivity index (χ3v) is 7.29. The van der Waals surface area contributed by atoms with E-state index < -0.39 is 0 Å². The summed E-state index contributed by atoms with van der Waals surface area (Å²) in [7, 11) is 1.74. The Balaban J connectivity index is 1.18. The second kappa shape index (κ2) is 12.8. The molecule has 3 aromatic carbocycles. The first-order chi connectivity index (χ1) is 18.7. The van der Waals surface area contributed by atoms with E-state index in [1.54, 1.807) is 7.11 Å². The van der Waals surface area contributed by atoms with Crippen molar-refractivity contribution in [1.29, 1.82) is 0 Å². The van der Waals surface area contributed by atoms with Gasteiger partial charge in [0.2, 0.25) is 0 Å². The van der Waals surface area contributed by atoms with Crippen LogP contribution < -0.4 is 19.7 Å². The Morgan fingerprint density at radius 2 is 1.71 bits per heavy atom. The van der Waals surface area contributed by atoms with E-state index in [0.29, 0.717) is 6.73 Å². The maximum absolute atomic E-state index is 6.23. The molecule has 6 nitrogen and oxygen atoms in total. The lowest BCUT2D eigenvalue weighted by atomic mass is 10.0. The monoisotopic (exact) mass is 510 g/mol. The number of hydrogen-bond donors (Lipinski definition) is 1. The molecule has 1 aromatic heterocycles. The van der Waals surface area contributed by atoms with Gasteiger partial charge in [0.05, 0.1) is 12.8 Å². The van der Waals surface area contributed by atoms with E-state index in [2.05, 4.69) is 76.6 Å². The molecule has 0 saturated carbocycles. The highest BCUT2D eigenvalue weighted by atomic mass is 16.5. The van der Waals surface area contributed by atoms with Crippen molar-refractivity contribution < 1.29 is 9.47 Å². The number of nitrogens with one attached hydrogen (secondary N) is 1. The largest absolute Gasteiger partial charge is 0.495 e. The zero-order valence-electron chi connectivity index (χ0n) is 22.5. The van der Waals surface area contributed by atoms with Gasteiger partial charge in [-0.3, -0.25) is 15.2 Å². The quantitative estimate of drug-likeness (QED) is 0.214. The number of aromatic nitrogens is 1. The van der Waals surface area contributed by atoms with Gasteiger partial charge in [0.1, 0.15) is 23.7 Å². The number of rotatable bonds is 11. The Labute approximate surface area is 226 Å². The van der Waals surface area contributed by atoms with Crippen molar-refractivity contribution in [2.24, 2.45) is 0 Å². The zero-order valence-corrected chi connectivity index (χ0v) is 22.5. The normalized spacial score (nSPS) is 14.1. The minimum atomic E-state index is 0.478. The molecule has 0 atom stereocenters. The molecular weight excluding hydrogens is 472 g/mol. The summed E-state index contributed by atoms with van der Waals surface area (Å²) in [5, 5.41) is 4.60. The molecule has 1 fully saturated rings. The highest BCUT2D eigenvalue weighted by molar-refractivity contribution is 5.88. The van der Waals surface area contributed by atoms with Gasteiger partial charge >= 0.3 is 0 Å². The molecule has 0 unspecified atom stereocenters. The van der Waals surface area contributed by atoms with Crippen molar-refractivity contribution in [3.05, 3.63) is 95.7 Å². The molecule has 5 rings (SSSR count). The van der Waals surface area contributed by atoms with Gasteiger partial charge in [-0.2, -0.15) is 0 Å². The highest BCUT2D eigenvalue weighted by Gasteiger charge is 2.21. The van der Waals surface area contributed by atoms with Crippen molar-refractivity contribution in [2.75, 3.05) is 51.5 Å². The van der Waals surface area contributed by atoms with Gasteiger partial charge in [-0.05, 0) is 61.2 Å². The third-order valence-electron chi connectivity index (χ3n) is 7.29. The molecule has 2 heterocycles. The van der Waals surface area contributed by atoms with E-state index in [1.807, 2.05) is 24.4 Å². The molecule has 6 heteroatoms. The number of hydrogen-bond acceptors (Lipinski definition) is 6. The Hall–Kier alpha value is -3.61. The predicted octanol–water partition coefficient (Wildman–Crippen LogP) is 5.43. The van der Waals surface area contributed by atoms with E-state index in [1.165, 1.54) is 22.2 Å². The van der Waals surface area contributed by atoms with Gasteiger partial charge < -0.3 is 14.4 Å². The molecule has 1 saturated heterocycles. The van der Waals surface area contributed by atoms with Crippen LogP contribution in [0.4, 0.5) is 5.69 Å². The number of piperazine rings is 1. The minimum Gasteiger partial charge on any atom is -0.495 e. The lowest BCUT2D eigenvalue weighted by molar-refractivity contribution is 0.249. The molecule has 0 aliphatic carbocycles. The van der Waals surface area contributed by atoms with Crippen LogP contribution >= 0.6 is 0 Å². The van der Waals surface area contributed by atoms with E-state index in [-0.39, 0.29) is 0 Å². The van der Waals surface area contributed by atoms with Gasteiger partial charge in [-0.25, -0.2) is 0 Å². The van der Waals surface area contributed by atoms with Crippen LogP contribution in [0.25, 0.3) is 10.9 Å². The minimum absolute atomic E-state index is 0.478. The molecule has 0 amide bonds. The fourth-order valence-electron chi connectivity index (χ4n) is 5.29.